The summed E-state index contributed by atoms with van der Waals surface area (Å²) in [4.78, 5) is 25.7. The molecule has 1 unspecified atom stereocenters. The summed E-state index contributed by atoms with van der Waals surface area (Å²) in [5.74, 6) is 0.295. The van der Waals surface area contributed by atoms with Gasteiger partial charge in [0.05, 0.1) is 60.5 Å². The number of hydrogen-bond acceptors (Lipinski definition) is 9. The van der Waals surface area contributed by atoms with Gasteiger partial charge in [0.15, 0.2) is 0 Å². The maximum absolute atomic E-state index is 14.0. The minimum Gasteiger partial charge on any atom is -0.447 e. The van der Waals surface area contributed by atoms with Crippen LogP contribution < -0.4 is 10.2 Å². The molecule has 1 saturated heterocycles. The van der Waals surface area contributed by atoms with Gasteiger partial charge in [-0.05, 0) is 69.7 Å². The molecule has 1 atom stereocenters. The Kier molecular flexibility index (Phi) is 9.76. The van der Waals surface area contributed by atoms with Crippen LogP contribution >= 0.6 is 11.3 Å². The Morgan fingerprint density at radius 1 is 1.11 bits per heavy atom. The fraction of sp³-hybridized carbons (Fsp3) is 0.441. The molecule has 4 aromatic rings. The minimum atomic E-state index is -3.13. The molecule has 2 aliphatic rings. The van der Waals surface area contributed by atoms with Gasteiger partial charge < -0.3 is 19.6 Å². The van der Waals surface area contributed by atoms with E-state index in [1.807, 2.05) is 81.6 Å². The highest BCUT2D eigenvalue weighted by molar-refractivity contribution is 7.93. The Balaban J connectivity index is 1.18. The van der Waals surface area contributed by atoms with E-state index in [4.69, 9.17) is 24.1 Å². The van der Waals surface area contributed by atoms with E-state index < -0.39 is 9.73 Å². The monoisotopic (exact) mass is 663 g/mol. The van der Waals surface area contributed by atoms with Crippen molar-refractivity contribution in [3.63, 3.8) is 0 Å². The fourth-order valence-corrected chi connectivity index (χ4v) is 8.83. The Morgan fingerprint density at radius 2 is 1.87 bits per heavy atom. The zero-order valence-electron chi connectivity index (χ0n) is 26.4. The first-order chi connectivity index (χ1) is 22.2. The molecule has 6 rings (SSSR count). The molecule has 10 nitrogen and oxygen atoms in total. The van der Waals surface area contributed by atoms with Crippen molar-refractivity contribution >= 4 is 27.2 Å². The van der Waals surface area contributed by atoms with Crippen molar-refractivity contribution in [1.82, 2.24) is 20.2 Å². The van der Waals surface area contributed by atoms with Gasteiger partial charge in [0, 0.05) is 30.1 Å². The molecule has 2 fully saturated rings. The number of alkyl carbamates (subject to hydrolysis) is 1. The quantitative estimate of drug-likeness (QED) is 0.188. The van der Waals surface area contributed by atoms with Crippen molar-refractivity contribution < 1.29 is 23.3 Å². The van der Waals surface area contributed by atoms with Crippen molar-refractivity contribution in [2.45, 2.75) is 87.7 Å². The van der Waals surface area contributed by atoms with Crippen LogP contribution in [0.3, 0.4) is 0 Å². The molecule has 244 valence electrons. The number of thiazole rings is 1. The SMILES string of the molecule is Cc1cc(Cc2ccc(-c3cnc([C@H]4CC[C@H](NC(=O)OC(C)C)CC4)s3)c(S(=N)(=O)C3COC3)c2)nn1OCc1ccccc1. The molecule has 3 heterocycles. The molecular weight excluding hydrogens is 623 g/mol. The molecule has 2 N–H and O–H groups in total. The van der Waals surface area contributed by atoms with Gasteiger partial charge in [0.1, 0.15) is 6.61 Å². The van der Waals surface area contributed by atoms with Gasteiger partial charge >= 0.3 is 6.09 Å². The molecule has 1 aliphatic carbocycles. The molecule has 12 heteroatoms. The lowest BCUT2D eigenvalue weighted by Gasteiger charge is -2.29. The largest absolute Gasteiger partial charge is 0.447 e. The lowest BCUT2D eigenvalue weighted by Crippen LogP contribution is -2.40. The second kappa shape index (κ2) is 13.9. The average Bonchev–Trinajstić information content (AvgIpc) is 3.62. The Hall–Kier alpha value is -3.74. The second-order valence-corrected chi connectivity index (χ2v) is 15.8. The number of aryl methyl sites for hydroxylation is 1. The number of ether oxygens (including phenoxy) is 2. The van der Waals surface area contributed by atoms with Crippen molar-refractivity contribution in [3.05, 3.63) is 88.3 Å². The number of nitrogens with one attached hydrogen (secondary N) is 2. The average molecular weight is 664 g/mol. The standard InChI is InChI=1S/C34H41N5O5S2/c1-22(2)44-34(40)37-27-12-10-26(11-13-27)33-36-18-31(45-33)30-14-9-25(17-32(30)46(35,41)29-20-42-21-29)16-28-15-23(3)39(38-28)43-19-24-7-5-4-6-8-24/h4-9,14-15,17-18,22,26-27,29,35H,10-13,16,19-21H2,1-3H3,(H,37,40)/t26-,27-,46?. The maximum Gasteiger partial charge on any atom is 0.407 e. The van der Waals surface area contributed by atoms with Crippen LogP contribution in [0.2, 0.25) is 0 Å². The Labute approximate surface area is 274 Å². The van der Waals surface area contributed by atoms with E-state index in [0.29, 0.717) is 37.1 Å². The highest BCUT2D eigenvalue weighted by Crippen LogP contribution is 2.40. The first kappa shape index (κ1) is 32.2. The van der Waals surface area contributed by atoms with Gasteiger partial charge in [-0.1, -0.05) is 42.5 Å². The zero-order chi connectivity index (χ0) is 32.3. The summed E-state index contributed by atoms with van der Waals surface area (Å²) in [7, 11) is -3.13. The predicted octanol–water partition coefficient (Wildman–Crippen LogP) is 6.50. The third-order valence-corrected chi connectivity index (χ3v) is 11.9. The van der Waals surface area contributed by atoms with E-state index in [1.54, 1.807) is 16.2 Å². The number of carbonyl (C=O) groups is 1. The highest BCUT2D eigenvalue weighted by Gasteiger charge is 2.33. The summed E-state index contributed by atoms with van der Waals surface area (Å²) >= 11 is 1.61. The molecule has 1 amide bonds. The Bertz CT molecular complexity index is 1760. The summed E-state index contributed by atoms with van der Waals surface area (Å²) in [6.45, 7) is 6.69. The van der Waals surface area contributed by atoms with E-state index >= 15 is 0 Å². The lowest BCUT2D eigenvalue weighted by atomic mass is 9.86. The molecule has 2 aromatic heterocycles. The number of aromatic nitrogens is 3. The van der Waals surface area contributed by atoms with Gasteiger partial charge in [-0.3, -0.25) is 0 Å². The van der Waals surface area contributed by atoms with Crippen LogP contribution in [0.4, 0.5) is 4.79 Å². The van der Waals surface area contributed by atoms with E-state index in [9.17, 15) is 9.00 Å². The third-order valence-electron chi connectivity index (χ3n) is 8.46. The zero-order valence-corrected chi connectivity index (χ0v) is 28.1. The summed E-state index contributed by atoms with van der Waals surface area (Å²) < 4.78 is 33.7. The normalized spacial score (nSPS) is 19.7. The highest BCUT2D eigenvalue weighted by atomic mass is 32.2. The topological polar surface area (TPSA) is 128 Å². The number of carbonyl (C=O) groups excluding carboxylic acids is 1. The maximum atomic E-state index is 14.0. The molecule has 1 saturated carbocycles. The van der Waals surface area contributed by atoms with Crippen LogP contribution in [-0.2, 0) is 32.2 Å². The summed E-state index contributed by atoms with van der Waals surface area (Å²) in [6.07, 6.45) is 5.42. The first-order valence-electron chi connectivity index (χ1n) is 15.8. The van der Waals surface area contributed by atoms with E-state index in [-0.39, 0.29) is 23.5 Å². The summed E-state index contributed by atoms with van der Waals surface area (Å²) in [5, 5.41) is 8.34. The van der Waals surface area contributed by atoms with Crippen molar-refractivity contribution in [2.75, 3.05) is 13.2 Å². The predicted molar refractivity (Wildman–Crippen MR) is 178 cm³/mol. The number of benzene rings is 2. The molecule has 2 aromatic carbocycles. The molecule has 46 heavy (non-hydrogen) atoms. The van der Waals surface area contributed by atoms with Gasteiger partial charge in [-0.15, -0.1) is 21.3 Å². The smallest absolute Gasteiger partial charge is 0.407 e. The van der Waals surface area contributed by atoms with Crippen molar-refractivity contribution in [1.29, 1.82) is 4.78 Å². The van der Waals surface area contributed by atoms with Crippen LogP contribution in [-0.4, -0.2) is 55.8 Å². The second-order valence-electron chi connectivity index (χ2n) is 12.4. The van der Waals surface area contributed by atoms with Crippen LogP contribution in [0.25, 0.3) is 10.4 Å². The number of hydrogen-bond donors (Lipinski definition) is 2. The van der Waals surface area contributed by atoms with Crippen molar-refractivity contribution in [3.8, 4) is 10.4 Å². The molecule has 1 aliphatic heterocycles. The first-order valence-corrected chi connectivity index (χ1v) is 18.2. The van der Waals surface area contributed by atoms with E-state index in [2.05, 4.69) is 10.4 Å². The molecule has 0 spiro atoms. The lowest BCUT2D eigenvalue weighted by molar-refractivity contribution is 0.0427. The van der Waals surface area contributed by atoms with E-state index in [1.165, 1.54) is 0 Å². The van der Waals surface area contributed by atoms with Gasteiger partial charge in [-0.2, -0.15) is 0 Å². The Morgan fingerprint density at radius 3 is 2.57 bits per heavy atom. The van der Waals surface area contributed by atoms with Crippen LogP contribution in [0.1, 0.15) is 73.0 Å². The molecular formula is C34H41N5O5S2. The van der Waals surface area contributed by atoms with Gasteiger partial charge in [0.25, 0.3) is 0 Å². The molecule has 0 radical (unpaired) electrons. The van der Waals surface area contributed by atoms with Crippen LogP contribution in [0, 0.1) is 11.7 Å². The third kappa shape index (κ3) is 7.45. The van der Waals surface area contributed by atoms with Crippen LogP contribution in [0.15, 0.2) is 65.7 Å². The fourth-order valence-electron chi connectivity index (χ4n) is 5.87. The van der Waals surface area contributed by atoms with E-state index in [0.717, 1.165) is 63.6 Å². The number of nitrogens with zero attached hydrogens (tertiary/aromatic N) is 3. The molecule has 0 bridgehead atoms. The minimum absolute atomic E-state index is 0.101. The summed E-state index contributed by atoms with van der Waals surface area (Å²) in [6, 6.07) is 18.0. The van der Waals surface area contributed by atoms with Gasteiger partial charge in [-0.25, -0.2) is 18.8 Å². The van der Waals surface area contributed by atoms with Crippen LogP contribution in [0.5, 0.6) is 0 Å². The number of rotatable bonds is 11. The van der Waals surface area contributed by atoms with Gasteiger partial charge in [0.2, 0.25) is 0 Å². The summed E-state index contributed by atoms with van der Waals surface area (Å²) in [5.41, 5.74) is 4.49. The number of amides is 1. The van der Waals surface area contributed by atoms with Crippen molar-refractivity contribution in [2.24, 2.45) is 0 Å².